The Kier molecular flexibility index (Phi) is 8.77. The summed E-state index contributed by atoms with van der Waals surface area (Å²) in [5, 5.41) is 32.7. The molecular weight excluding hydrogens is 488 g/mol. The van der Waals surface area contributed by atoms with E-state index in [1.54, 1.807) is 30.3 Å². The maximum atomic E-state index is 11.1. The van der Waals surface area contributed by atoms with Crippen LogP contribution in [0, 0.1) is 11.3 Å². The lowest BCUT2D eigenvalue weighted by molar-refractivity contribution is 0.0697. The number of nitrogens with zero attached hydrogens (tertiary/aromatic N) is 1. The highest BCUT2D eigenvalue weighted by Gasteiger charge is 2.20. The van der Waals surface area contributed by atoms with Gasteiger partial charge in [-0.1, -0.05) is 72.8 Å². The molecule has 0 saturated carbocycles. The summed E-state index contributed by atoms with van der Waals surface area (Å²) >= 11 is 0. The second kappa shape index (κ2) is 12.4. The fraction of sp³-hybridized carbons (Fsp3) is 0.212. The van der Waals surface area contributed by atoms with Crippen LogP contribution in [0.2, 0.25) is 0 Å². The van der Waals surface area contributed by atoms with Gasteiger partial charge in [-0.3, -0.25) is 0 Å². The maximum absolute atomic E-state index is 11.1. The van der Waals surface area contributed by atoms with Crippen molar-refractivity contribution in [2.24, 2.45) is 0 Å². The molecule has 4 aromatic rings. The summed E-state index contributed by atoms with van der Waals surface area (Å²) < 4.78 is 5.85. The first kappa shape index (κ1) is 27.6. The molecule has 4 rings (SSSR count). The summed E-state index contributed by atoms with van der Waals surface area (Å²) in [5.74, 6) is -0.619. The minimum atomic E-state index is -0.989. The van der Waals surface area contributed by atoms with E-state index < -0.39 is 12.1 Å². The smallest absolute Gasteiger partial charge is 0.335 e. The molecule has 0 radical (unpaired) electrons. The van der Waals surface area contributed by atoms with E-state index in [-0.39, 0.29) is 17.7 Å². The molecule has 0 aliphatic heterocycles. The van der Waals surface area contributed by atoms with Crippen LogP contribution in [0.1, 0.15) is 35.3 Å². The largest absolute Gasteiger partial charge is 0.489 e. The van der Waals surface area contributed by atoms with E-state index in [4.69, 9.17) is 9.84 Å². The summed E-state index contributed by atoms with van der Waals surface area (Å²) in [4.78, 5) is 11.1. The van der Waals surface area contributed by atoms with Crippen LogP contribution < -0.4 is 10.1 Å². The monoisotopic (exact) mass is 520 g/mol. The lowest BCUT2D eigenvalue weighted by atomic mass is 9.93. The second-order valence-electron chi connectivity index (χ2n) is 10.2. The van der Waals surface area contributed by atoms with E-state index >= 15 is 0 Å². The number of ether oxygens (including phenoxy) is 1. The topological polar surface area (TPSA) is 103 Å². The quantitative estimate of drug-likeness (QED) is 0.226. The van der Waals surface area contributed by atoms with Crippen molar-refractivity contribution in [1.29, 1.82) is 5.26 Å². The Bertz CT molecular complexity index is 1440. The minimum Gasteiger partial charge on any atom is -0.489 e. The molecule has 6 heteroatoms. The maximum Gasteiger partial charge on any atom is 0.335 e. The molecule has 0 amide bonds. The van der Waals surface area contributed by atoms with Gasteiger partial charge in [0.1, 0.15) is 24.5 Å². The lowest BCUT2D eigenvalue weighted by Gasteiger charge is -2.28. The predicted molar refractivity (Wildman–Crippen MR) is 153 cm³/mol. The van der Waals surface area contributed by atoms with E-state index in [2.05, 4.69) is 61.6 Å². The zero-order valence-corrected chi connectivity index (χ0v) is 22.1. The van der Waals surface area contributed by atoms with Gasteiger partial charge in [-0.25, -0.2) is 4.79 Å². The van der Waals surface area contributed by atoms with Gasteiger partial charge in [0.15, 0.2) is 0 Å². The Morgan fingerprint density at radius 2 is 1.49 bits per heavy atom. The molecule has 0 saturated heterocycles. The third-order valence-corrected chi connectivity index (χ3v) is 6.52. The van der Waals surface area contributed by atoms with Crippen LogP contribution >= 0.6 is 0 Å². The van der Waals surface area contributed by atoms with E-state index in [0.29, 0.717) is 17.9 Å². The number of carbonyl (C=O) groups is 1. The number of aliphatic hydroxyl groups excluding tert-OH is 1. The van der Waals surface area contributed by atoms with E-state index in [1.807, 2.05) is 18.2 Å². The summed E-state index contributed by atoms with van der Waals surface area (Å²) in [7, 11) is 0. The second-order valence-corrected chi connectivity index (χ2v) is 10.2. The van der Waals surface area contributed by atoms with Crippen molar-refractivity contribution >= 4 is 5.97 Å². The molecule has 4 aromatic carbocycles. The molecule has 0 unspecified atom stereocenters. The number of rotatable bonds is 11. The van der Waals surface area contributed by atoms with Gasteiger partial charge in [-0.2, -0.15) is 5.26 Å². The van der Waals surface area contributed by atoms with Gasteiger partial charge in [0.2, 0.25) is 0 Å². The average molecular weight is 521 g/mol. The number of aliphatic hydroxyl groups is 1. The van der Waals surface area contributed by atoms with Gasteiger partial charge in [0, 0.05) is 12.1 Å². The lowest BCUT2D eigenvalue weighted by Crippen LogP contribution is -2.46. The SMILES string of the molecule is CC(C)(Cc1ccc(-c2ccccc2)cc1)NC[C@H](O)COc1cc(-c2ccc(C(=O)O)cc2)ccc1C#N. The molecular formula is C33H32N2O4. The first-order valence-corrected chi connectivity index (χ1v) is 12.8. The fourth-order valence-electron chi connectivity index (χ4n) is 4.38. The normalized spacial score (nSPS) is 11.9. The number of carboxylic acid groups (broad SMARTS) is 1. The minimum absolute atomic E-state index is 0.0188. The first-order valence-electron chi connectivity index (χ1n) is 12.8. The zero-order valence-electron chi connectivity index (χ0n) is 22.1. The molecule has 198 valence electrons. The van der Waals surface area contributed by atoms with Gasteiger partial charge >= 0.3 is 5.97 Å². The molecule has 0 aromatic heterocycles. The highest BCUT2D eigenvalue weighted by Crippen LogP contribution is 2.28. The molecule has 1 atom stereocenters. The Morgan fingerprint density at radius 3 is 2.13 bits per heavy atom. The van der Waals surface area contributed by atoms with E-state index in [1.165, 1.54) is 28.8 Å². The summed E-state index contributed by atoms with van der Waals surface area (Å²) in [6, 6.07) is 32.6. The van der Waals surface area contributed by atoms with Crippen molar-refractivity contribution in [3.05, 3.63) is 114 Å². The number of nitriles is 1. The molecule has 0 heterocycles. The first-order chi connectivity index (χ1) is 18.7. The summed E-state index contributed by atoms with van der Waals surface area (Å²) in [6.45, 7) is 4.54. The number of hydrogen-bond donors (Lipinski definition) is 3. The van der Waals surface area contributed by atoms with Crippen LogP contribution in [-0.4, -0.2) is 41.0 Å². The van der Waals surface area contributed by atoms with Gasteiger partial charge in [0.05, 0.1) is 11.1 Å². The Hall–Kier alpha value is -4.44. The van der Waals surface area contributed by atoms with Gasteiger partial charge < -0.3 is 20.3 Å². The van der Waals surface area contributed by atoms with Crippen LogP contribution in [-0.2, 0) is 6.42 Å². The van der Waals surface area contributed by atoms with Crippen LogP contribution in [0.3, 0.4) is 0 Å². The molecule has 0 aliphatic carbocycles. The van der Waals surface area contributed by atoms with Crippen LogP contribution in [0.25, 0.3) is 22.3 Å². The van der Waals surface area contributed by atoms with Crippen molar-refractivity contribution in [2.45, 2.75) is 31.9 Å². The summed E-state index contributed by atoms with van der Waals surface area (Å²) in [5.41, 5.74) is 5.45. The Balaban J connectivity index is 1.32. The molecule has 0 aliphatic rings. The van der Waals surface area contributed by atoms with Gasteiger partial charge in [-0.15, -0.1) is 0 Å². The number of benzene rings is 4. The third-order valence-electron chi connectivity index (χ3n) is 6.52. The van der Waals surface area contributed by atoms with Crippen molar-refractivity contribution in [3.63, 3.8) is 0 Å². The number of β-amino-alcohol motifs (C(OH)–C–C–N with tert-alkyl or cyclic N) is 1. The molecule has 6 nitrogen and oxygen atoms in total. The summed E-state index contributed by atoms with van der Waals surface area (Å²) in [6.07, 6.45) is 0.00602. The molecule has 3 N–H and O–H groups in total. The fourth-order valence-corrected chi connectivity index (χ4v) is 4.38. The Morgan fingerprint density at radius 1 is 0.897 bits per heavy atom. The van der Waals surface area contributed by atoms with Crippen molar-refractivity contribution in [2.75, 3.05) is 13.2 Å². The molecule has 39 heavy (non-hydrogen) atoms. The number of carboxylic acids is 1. The molecule has 0 bridgehead atoms. The predicted octanol–water partition coefficient (Wildman–Crippen LogP) is 5.94. The number of aromatic carboxylic acids is 1. The van der Waals surface area contributed by atoms with Crippen LogP contribution in [0.15, 0.2) is 97.1 Å². The third kappa shape index (κ3) is 7.55. The zero-order chi connectivity index (χ0) is 27.8. The molecule has 0 spiro atoms. The van der Waals surface area contributed by atoms with E-state index in [0.717, 1.165) is 17.5 Å². The highest BCUT2D eigenvalue weighted by atomic mass is 16.5. The van der Waals surface area contributed by atoms with Crippen LogP contribution in [0.4, 0.5) is 0 Å². The number of hydrogen-bond acceptors (Lipinski definition) is 5. The Labute approximate surface area is 229 Å². The standard InChI is InChI=1S/C33H32N2O4/c1-33(2,19-23-8-10-25(11-9-23)24-6-4-3-5-7-24)35-21-30(36)22-39-31-18-28(16-17-29(31)20-34)26-12-14-27(15-13-26)32(37)38/h3-18,30,35-36H,19,21-22H2,1-2H3,(H,37,38)/t30-/m0/s1. The average Bonchev–Trinajstić information content (AvgIpc) is 2.95. The van der Waals surface area contributed by atoms with Crippen LogP contribution in [0.5, 0.6) is 5.75 Å². The van der Waals surface area contributed by atoms with Crippen molar-refractivity contribution < 1.29 is 19.7 Å². The number of nitrogens with one attached hydrogen (secondary N) is 1. The van der Waals surface area contributed by atoms with Crippen molar-refractivity contribution in [1.82, 2.24) is 5.32 Å². The molecule has 0 fully saturated rings. The highest BCUT2D eigenvalue weighted by molar-refractivity contribution is 5.88. The van der Waals surface area contributed by atoms with Crippen molar-refractivity contribution in [3.8, 4) is 34.1 Å². The van der Waals surface area contributed by atoms with Gasteiger partial charge in [-0.05, 0) is 72.4 Å². The van der Waals surface area contributed by atoms with Gasteiger partial charge in [0.25, 0.3) is 0 Å². The van der Waals surface area contributed by atoms with E-state index in [9.17, 15) is 15.2 Å².